The molecule has 0 N–H and O–H groups in total. The lowest BCUT2D eigenvalue weighted by atomic mass is 9.96. The van der Waals surface area contributed by atoms with Crippen molar-refractivity contribution >= 4 is 0 Å². The number of hydrogen-bond acceptors (Lipinski definition) is 2. The standard InChI is InChI=1S/C31H32F4O2/c1-3-5-6-7-9-23-14-15-24(28(33)27(23)32)21-10-12-22(13-11-21)25-16-17-26(30(35)29(25)34)31-36-18-20(8-4-2)19-37-31/h4,8,10-17,20,31H,3,5-7,9,18-19H2,1-2H3/b8-4+. The van der Waals surface area contributed by atoms with E-state index in [1.54, 1.807) is 36.4 Å². The van der Waals surface area contributed by atoms with Crippen LogP contribution in [0.1, 0.15) is 56.9 Å². The average Bonchev–Trinajstić information content (AvgIpc) is 2.91. The van der Waals surface area contributed by atoms with E-state index in [2.05, 4.69) is 6.92 Å². The highest BCUT2D eigenvalue weighted by Crippen LogP contribution is 2.34. The van der Waals surface area contributed by atoms with Crippen LogP contribution in [0.15, 0.2) is 60.7 Å². The second-order valence-corrected chi connectivity index (χ2v) is 9.40. The van der Waals surface area contributed by atoms with Crippen molar-refractivity contribution in [2.45, 2.75) is 52.2 Å². The number of benzene rings is 3. The normalized spacial score (nSPS) is 18.0. The summed E-state index contributed by atoms with van der Waals surface area (Å²) in [6, 6.07) is 12.4. The molecule has 1 aliphatic rings. The molecular formula is C31H32F4O2. The first-order valence-corrected chi connectivity index (χ1v) is 12.9. The van der Waals surface area contributed by atoms with Crippen LogP contribution < -0.4 is 0 Å². The van der Waals surface area contributed by atoms with Crippen LogP contribution in [-0.4, -0.2) is 13.2 Å². The Morgan fingerprint density at radius 1 is 0.730 bits per heavy atom. The highest BCUT2D eigenvalue weighted by molar-refractivity contribution is 5.71. The zero-order valence-electron chi connectivity index (χ0n) is 21.2. The number of ether oxygens (including phenoxy) is 2. The summed E-state index contributed by atoms with van der Waals surface area (Å²) in [5.41, 5.74) is 1.43. The summed E-state index contributed by atoms with van der Waals surface area (Å²) in [5, 5.41) is 0. The van der Waals surface area contributed by atoms with Gasteiger partial charge in [0.2, 0.25) is 0 Å². The molecule has 0 spiro atoms. The number of unbranched alkanes of at least 4 members (excludes halogenated alkanes) is 3. The van der Waals surface area contributed by atoms with E-state index in [9.17, 15) is 13.2 Å². The maximum atomic E-state index is 15.0. The summed E-state index contributed by atoms with van der Waals surface area (Å²) in [6.07, 6.45) is 7.31. The minimum Gasteiger partial charge on any atom is -0.348 e. The third-order valence-corrected chi connectivity index (χ3v) is 6.72. The van der Waals surface area contributed by atoms with E-state index in [1.807, 2.05) is 19.1 Å². The molecule has 3 aromatic carbocycles. The van der Waals surface area contributed by atoms with Gasteiger partial charge in [-0.2, -0.15) is 0 Å². The minimum absolute atomic E-state index is 0.00382. The van der Waals surface area contributed by atoms with Crippen LogP contribution in [-0.2, 0) is 15.9 Å². The Morgan fingerprint density at radius 2 is 1.32 bits per heavy atom. The summed E-state index contributed by atoms with van der Waals surface area (Å²) in [5.74, 6) is -3.69. The van der Waals surface area contributed by atoms with Gasteiger partial charge in [-0.15, -0.1) is 0 Å². The second-order valence-electron chi connectivity index (χ2n) is 9.40. The van der Waals surface area contributed by atoms with Crippen LogP contribution in [0.2, 0.25) is 0 Å². The molecule has 4 rings (SSSR count). The van der Waals surface area contributed by atoms with Crippen LogP contribution >= 0.6 is 0 Å². The van der Waals surface area contributed by atoms with E-state index in [4.69, 9.17) is 9.47 Å². The predicted octanol–water partition coefficient (Wildman–Crippen LogP) is 8.94. The lowest BCUT2D eigenvalue weighted by Gasteiger charge is -2.28. The van der Waals surface area contributed by atoms with E-state index in [1.165, 1.54) is 12.1 Å². The van der Waals surface area contributed by atoms with Crippen molar-refractivity contribution in [3.63, 3.8) is 0 Å². The third-order valence-electron chi connectivity index (χ3n) is 6.72. The number of aryl methyl sites for hydroxylation is 1. The van der Waals surface area contributed by atoms with Gasteiger partial charge in [0, 0.05) is 22.6 Å². The fourth-order valence-corrected chi connectivity index (χ4v) is 4.63. The van der Waals surface area contributed by atoms with Gasteiger partial charge in [0.1, 0.15) is 0 Å². The van der Waals surface area contributed by atoms with Crippen molar-refractivity contribution < 1.29 is 27.0 Å². The zero-order chi connectivity index (χ0) is 26.4. The molecule has 0 aliphatic carbocycles. The van der Waals surface area contributed by atoms with Gasteiger partial charge in [-0.1, -0.05) is 86.9 Å². The largest absolute Gasteiger partial charge is 0.348 e. The minimum atomic E-state index is -1.03. The van der Waals surface area contributed by atoms with Crippen LogP contribution in [0, 0.1) is 29.2 Å². The van der Waals surface area contributed by atoms with Gasteiger partial charge in [0.05, 0.1) is 13.2 Å². The van der Waals surface area contributed by atoms with Gasteiger partial charge < -0.3 is 9.47 Å². The summed E-state index contributed by atoms with van der Waals surface area (Å²) < 4.78 is 70.7. The molecule has 1 fully saturated rings. The van der Waals surface area contributed by atoms with Crippen LogP contribution in [0.3, 0.4) is 0 Å². The van der Waals surface area contributed by atoms with Crippen molar-refractivity contribution in [3.05, 3.63) is 95.1 Å². The molecule has 0 amide bonds. The first kappa shape index (κ1) is 27.1. The first-order valence-electron chi connectivity index (χ1n) is 12.9. The number of halogens is 4. The first-order chi connectivity index (χ1) is 17.9. The molecule has 0 atom stereocenters. The van der Waals surface area contributed by atoms with Crippen molar-refractivity contribution in [1.29, 1.82) is 0 Å². The van der Waals surface area contributed by atoms with E-state index < -0.39 is 29.6 Å². The molecule has 0 unspecified atom stereocenters. The van der Waals surface area contributed by atoms with Gasteiger partial charge in [0.25, 0.3) is 0 Å². The summed E-state index contributed by atoms with van der Waals surface area (Å²) in [6.45, 7) is 4.71. The number of hydrogen-bond donors (Lipinski definition) is 0. The Balaban J connectivity index is 1.50. The fraction of sp³-hybridized carbons (Fsp3) is 0.355. The molecule has 0 saturated carbocycles. The van der Waals surface area contributed by atoms with Gasteiger partial charge >= 0.3 is 0 Å². The Labute approximate surface area is 215 Å². The van der Waals surface area contributed by atoms with Crippen molar-refractivity contribution in [2.75, 3.05) is 13.2 Å². The van der Waals surface area contributed by atoms with Crippen LogP contribution in [0.5, 0.6) is 0 Å². The molecule has 1 saturated heterocycles. The van der Waals surface area contributed by atoms with Gasteiger partial charge in [-0.25, -0.2) is 17.6 Å². The molecule has 37 heavy (non-hydrogen) atoms. The summed E-state index contributed by atoms with van der Waals surface area (Å²) >= 11 is 0. The Kier molecular flexibility index (Phi) is 9.17. The quantitative estimate of drug-likeness (QED) is 0.162. The van der Waals surface area contributed by atoms with Gasteiger partial charge in [-0.3, -0.25) is 0 Å². The smallest absolute Gasteiger partial charge is 0.186 e. The molecule has 196 valence electrons. The number of rotatable bonds is 9. The predicted molar refractivity (Wildman–Crippen MR) is 138 cm³/mol. The van der Waals surface area contributed by atoms with Gasteiger partial charge in [0.15, 0.2) is 29.6 Å². The second kappa shape index (κ2) is 12.5. The molecule has 2 nitrogen and oxygen atoms in total. The lowest BCUT2D eigenvalue weighted by Crippen LogP contribution is -2.26. The van der Waals surface area contributed by atoms with E-state index in [0.29, 0.717) is 36.3 Å². The average molecular weight is 513 g/mol. The SMILES string of the molecule is C/C=C/C1COC(c2ccc(-c3ccc(-c4ccc(CCCCCC)c(F)c4F)cc3)c(F)c2F)OC1. The Hall–Kier alpha value is -2.96. The third kappa shape index (κ3) is 6.13. The van der Waals surface area contributed by atoms with Crippen LogP contribution in [0.25, 0.3) is 22.3 Å². The Morgan fingerprint density at radius 3 is 1.92 bits per heavy atom. The molecule has 0 bridgehead atoms. The van der Waals surface area contributed by atoms with Crippen molar-refractivity contribution in [1.82, 2.24) is 0 Å². The monoisotopic (exact) mass is 512 g/mol. The summed E-state index contributed by atoms with van der Waals surface area (Å²) in [7, 11) is 0. The van der Waals surface area contributed by atoms with Crippen molar-refractivity contribution in [3.8, 4) is 22.3 Å². The molecule has 3 aromatic rings. The molecular weight excluding hydrogens is 480 g/mol. The lowest BCUT2D eigenvalue weighted by molar-refractivity contribution is -0.199. The Bertz CT molecular complexity index is 1230. The molecule has 0 radical (unpaired) electrons. The van der Waals surface area contributed by atoms with E-state index >= 15 is 4.39 Å². The zero-order valence-corrected chi connectivity index (χ0v) is 21.2. The molecule has 1 aliphatic heterocycles. The van der Waals surface area contributed by atoms with Gasteiger partial charge in [-0.05, 0) is 36.5 Å². The topological polar surface area (TPSA) is 18.5 Å². The number of allylic oxidation sites excluding steroid dienone is 1. The highest BCUT2D eigenvalue weighted by Gasteiger charge is 2.27. The van der Waals surface area contributed by atoms with Crippen molar-refractivity contribution in [2.24, 2.45) is 5.92 Å². The molecule has 0 aromatic heterocycles. The summed E-state index contributed by atoms with van der Waals surface area (Å²) in [4.78, 5) is 0. The van der Waals surface area contributed by atoms with Crippen LogP contribution in [0.4, 0.5) is 17.6 Å². The maximum Gasteiger partial charge on any atom is 0.186 e. The molecule has 1 heterocycles. The van der Waals surface area contributed by atoms with E-state index in [-0.39, 0.29) is 22.6 Å². The fourth-order valence-electron chi connectivity index (χ4n) is 4.63. The van der Waals surface area contributed by atoms with E-state index in [0.717, 1.165) is 25.7 Å². The maximum absolute atomic E-state index is 15.0. The molecule has 6 heteroatoms. The highest BCUT2D eigenvalue weighted by atomic mass is 19.2.